The molecule has 1 aromatic carbocycles. The maximum atomic E-state index is 14.1. The van der Waals surface area contributed by atoms with Crippen LogP contribution in [-0.2, 0) is 32.2 Å². The molecule has 2 aliphatic rings. The number of rotatable bonds is 9. The first kappa shape index (κ1) is 27.3. The molecule has 0 bridgehead atoms. The van der Waals surface area contributed by atoms with Gasteiger partial charge in [0.2, 0.25) is 11.8 Å². The number of anilines is 1. The lowest BCUT2D eigenvalue weighted by molar-refractivity contribution is -0.146. The maximum absolute atomic E-state index is 14.1. The highest BCUT2D eigenvalue weighted by molar-refractivity contribution is 7.19. The van der Waals surface area contributed by atoms with Crippen LogP contribution in [0.2, 0.25) is 5.15 Å². The van der Waals surface area contributed by atoms with Crippen molar-refractivity contribution in [3.63, 3.8) is 0 Å². The van der Waals surface area contributed by atoms with E-state index in [1.807, 2.05) is 35.5 Å². The van der Waals surface area contributed by atoms with Crippen LogP contribution in [0.5, 0.6) is 0 Å². The number of hydrazine groups is 1. The van der Waals surface area contributed by atoms with Crippen molar-refractivity contribution < 1.29 is 19.1 Å². The average Bonchev–Trinajstić information content (AvgIpc) is 3.65. The molecule has 0 aliphatic carbocycles. The first-order valence-corrected chi connectivity index (χ1v) is 13.9. The summed E-state index contributed by atoms with van der Waals surface area (Å²) in [6, 6.07) is 6.64. The lowest BCUT2D eigenvalue weighted by Gasteiger charge is -2.33. The number of primary amides is 1. The number of halogens is 1. The second kappa shape index (κ2) is 11.4. The zero-order valence-corrected chi connectivity index (χ0v) is 23.3. The molecule has 13 heteroatoms. The Bertz CT molecular complexity index is 1390. The van der Waals surface area contributed by atoms with Gasteiger partial charge in [0, 0.05) is 50.8 Å². The van der Waals surface area contributed by atoms with Gasteiger partial charge in [-0.15, -0.1) is 0 Å². The third kappa shape index (κ3) is 5.42. The largest absolute Gasteiger partial charge is 0.383 e. The summed E-state index contributed by atoms with van der Waals surface area (Å²) in [5, 5.41) is 9.06. The van der Waals surface area contributed by atoms with Gasteiger partial charge in [-0.2, -0.15) is 5.10 Å². The highest BCUT2D eigenvalue weighted by atomic mass is 35.5. The molecule has 2 atom stereocenters. The molecule has 0 unspecified atom stereocenters. The summed E-state index contributed by atoms with van der Waals surface area (Å²) < 4.78 is 6.86. The second-order valence-electron chi connectivity index (χ2n) is 9.68. The van der Waals surface area contributed by atoms with Crippen LogP contribution in [0.25, 0.3) is 10.6 Å². The summed E-state index contributed by atoms with van der Waals surface area (Å²) in [5.41, 5.74) is 7.89. The van der Waals surface area contributed by atoms with Gasteiger partial charge in [0.25, 0.3) is 5.91 Å². The van der Waals surface area contributed by atoms with E-state index >= 15 is 0 Å². The van der Waals surface area contributed by atoms with Gasteiger partial charge < -0.3 is 10.5 Å². The Hall–Kier alpha value is -3.32. The quantitative estimate of drug-likeness (QED) is 0.418. The maximum Gasteiger partial charge on any atom is 0.264 e. The molecule has 2 aliphatic heterocycles. The second-order valence-corrected chi connectivity index (χ2v) is 11.0. The van der Waals surface area contributed by atoms with Crippen LogP contribution in [0, 0.1) is 5.92 Å². The number of carbonyl (C=O) groups excluding carboxylic acids is 3. The predicted octanol–water partition coefficient (Wildman–Crippen LogP) is 2.86. The molecule has 11 nitrogen and oxygen atoms in total. The van der Waals surface area contributed by atoms with E-state index in [0.717, 1.165) is 29.7 Å². The monoisotopic (exact) mass is 571 g/mol. The van der Waals surface area contributed by atoms with Gasteiger partial charge in [-0.3, -0.25) is 29.0 Å². The van der Waals surface area contributed by atoms with Gasteiger partial charge in [-0.25, -0.2) is 9.99 Å². The molecule has 1 saturated heterocycles. The van der Waals surface area contributed by atoms with Crippen LogP contribution < -0.4 is 10.6 Å². The van der Waals surface area contributed by atoms with Crippen molar-refractivity contribution in [2.24, 2.45) is 11.7 Å². The van der Waals surface area contributed by atoms with Gasteiger partial charge in [-0.05, 0) is 17.5 Å². The number of amides is 3. The Morgan fingerprint density at radius 1 is 1.31 bits per heavy atom. The summed E-state index contributed by atoms with van der Waals surface area (Å²) >= 11 is 7.90. The Balaban J connectivity index is 1.60. The van der Waals surface area contributed by atoms with Crippen LogP contribution in [0.3, 0.4) is 0 Å². The van der Waals surface area contributed by atoms with Crippen molar-refractivity contribution in [1.82, 2.24) is 24.8 Å². The van der Waals surface area contributed by atoms with Crippen molar-refractivity contribution in [3.05, 3.63) is 52.9 Å². The van der Waals surface area contributed by atoms with Crippen LogP contribution in [0.4, 0.5) is 5.00 Å². The van der Waals surface area contributed by atoms with E-state index in [1.165, 1.54) is 16.2 Å². The van der Waals surface area contributed by atoms with E-state index in [2.05, 4.69) is 10.1 Å². The van der Waals surface area contributed by atoms with E-state index in [-0.39, 0.29) is 17.5 Å². The normalized spacial score (nSPS) is 18.0. The molecule has 3 aromatic rings. The predicted molar refractivity (Wildman–Crippen MR) is 147 cm³/mol. The lowest BCUT2D eigenvalue weighted by Crippen LogP contribution is -2.47. The lowest BCUT2D eigenvalue weighted by atomic mass is 9.97. The average molecular weight is 572 g/mol. The molecule has 0 spiro atoms. The number of hydrogen-bond acceptors (Lipinski definition) is 8. The van der Waals surface area contributed by atoms with E-state index in [1.54, 1.807) is 29.9 Å². The SMILES string of the molecule is COCCn1cc(-c2nc(Cl)c(N(C(=O)C[C@@H](C)C(N)=O)[C@@H]3C(=O)N4CCCN4Cc4ccccc43)s2)cn1. The van der Waals surface area contributed by atoms with Crippen molar-refractivity contribution in [2.45, 2.75) is 38.9 Å². The molecule has 4 heterocycles. The first-order chi connectivity index (χ1) is 18.8. The molecule has 0 saturated carbocycles. The number of ether oxygens (including phenoxy) is 1. The van der Waals surface area contributed by atoms with Gasteiger partial charge in [0.15, 0.2) is 5.15 Å². The fourth-order valence-electron chi connectivity index (χ4n) is 4.93. The number of hydrogen-bond donors (Lipinski definition) is 1. The number of thiazole rings is 1. The molecule has 206 valence electrons. The molecule has 2 N–H and O–H groups in total. The van der Waals surface area contributed by atoms with E-state index in [9.17, 15) is 14.4 Å². The Morgan fingerprint density at radius 3 is 2.87 bits per heavy atom. The van der Waals surface area contributed by atoms with Crippen molar-refractivity contribution >= 4 is 45.7 Å². The minimum absolute atomic E-state index is 0.0903. The summed E-state index contributed by atoms with van der Waals surface area (Å²) in [6.45, 7) is 4.53. The molecule has 0 radical (unpaired) electrons. The van der Waals surface area contributed by atoms with Gasteiger partial charge in [0.05, 0.1) is 19.3 Å². The number of methoxy groups -OCH3 is 1. The summed E-state index contributed by atoms with van der Waals surface area (Å²) in [6.07, 6.45) is 4.16. The number of benzene rings is 1. The minimum Gasteiger partial charge on any atom is -0.383 e. The zero-order chi connectivity index (χ0) is 27.7. The Labute approximate surface area is 235 Å². The molecule has 1 fully saturated rings. The number of fused-ring (bicyclic) bond motifs is 2. The van der Waals surface area contributed by atoms with Crippen LogP contribution in [0.15, 0.2) is 36.7 Å². The fraction of sp³-hybridized carbons (Fsp3) is 0.423. The van der Waals surface area contributed by atoms with E-state index in [0.29, 0.717) is 36.2 Å². The van der Waals surface area contributed by atoms with Crippen LogP contribution in [0.1, 0.15) is 36.9 Å². The summed E-state index contributed by atoms with van der Waals surface area (Å²) in [7, 11) is 1.62. The van der Waals surface area contributed by atoms with Crippen LogP contribution in [-0.4, -0.2) is 69.3 Å². The molecule has 3 amide bonds. The van der Waals surface area contributed by atoms with Gasteiger partial charge in [0.1, 0.15) is 16.1 Å². The number of carbonyl (C=O) groups is 3. The third-order valence-electron chi connectivity index (χ3n) is 7.00. The van der Waals surface area contributed by atoms with Crippen molar-refractivity contribution in [1.29, 1.82) is 0 Å². The summed E-state index contributed by atoms with van der Waals surface area (Å²) in [4.78, 5) is 45.9. The number of aromatic nitrogens is 3. The highest BCUT2D eigenvalue weighted by Gasteiger charge is 2.44. The zero-order valence-electron chi connectivity index (χ0n) is 21.7. The van der Waals surface area contributed by atoms with Gasteiger partial charge >= 0.3 is 0 Å². The third-order valence-corrected chi connectivity index (χ3v) is 8.48. The summed E-state index contributed by atoms with van der Waals surface area (Å²) in [5.74, 6) is -1.99. The van der Waals surface area contributed by atoms with Crippen molar-refractivity contribution in [3.8, 4) is 10.6 Å². The van der Waals surface area contributed by atoms with Crippen molar-refractivity contribution in [2.75, 3.05) is 31.7 Å². The highest BCUT2D eigenvalue weighted by Crippen LogP contribution is 2.44. The van der Waals surface area contributed by atoms with Gasteiger partial charge in [-0.1, -0.05) is 54.1 Å². The molecular weight excluding hydrogens is 542 g/mol. The molecule has 39 heavy (non-hydrogen) atoms. The van der Waals surface area contributed by atoms with E-state index in [4.69, 9.17) is 22.1 Å². The number of nitrogens with zero attached hydrogens (tertiary/aromatic N) is 6. The Morgan fingerprint density at radius 2 is 2.10 bits per heavy atom. The minimum atomic E-state index is -0.980. The standard InChI is InChI=1S/C26H30ClN7O4S/c1-16(23(28)36)12-20(35)34(26-22(27)30-24(39-26)18-13-29-31(14-18)10-11-38-2)21-19-7-4-3-6-17(19)15-32-8-5-9-33(32)25(21)37/h3-4,6-7,13-14,16,21H,5,8-12,15H2,1-2H3,(H2,28,36)/t16-,21+/m1/s1. The van der Waals surface area contributed by atoms with Crippen LogP contribution >= 0.6 is 22.9 Å². The fourth-order valence-corrected chi connectivity index (χ4v) is 6.25. The topological polar surface area (TPSA) is 127 Å². The molecule has 2 aromatic heterocycles. The Kier molecular flexibility index (Phi) is 7.98. The molecule has 5 rings (SSSR count). The smallest absolute Gasteiger partial charge is 0.264 e. The molecular formula is C26H30ClN7O4S. The van der Waals surface area contributed by atoms with E-state index < -0.39 is 23.8 Å². The first-order valence-electron chi connectivity index (χ1n) is 12.7. The number of nitrogens with two attached hydrogens (primary N) is 1.